The fourth-order valence-corrected chi connectivity index (χ4v) is 1.75. The van der Waals surface area contributed by atoms with Crippen LogP contribution in [-0.2, 0) is 4.74 Å². The molecule has 0 amide bonds. The van der Waals surface area contributed by atoms with Crippen LogP contribution < -0.4 is 0 Å². The minimum atomic E-state index is 0.661. The van der Waals surface area contributed by atoms with Gasteiger partial charge in [-0.1, -0.05) is 0 Å². The predicted octanol–water partition coefficient (Wildman–Crippen LogP) is 2.08. The number of nitrogens with zero attached hydrogens (tertiary/aromatic N) is 2. The molecule has 74 valence electrons. The summed E-state index contributed by atoms with van der Waals surface area (Å²) >= 11 is 1.65. The van der Waals surface area contributed by atoms with E-state index in [0.717, 1.165) is 23.8 Å². The minimum absolute atomic E-state index is 0.661. The zero-order valence-corrected chi connectivity index (χ0v) is 8.88. The average Bonchev–Trinajstić information content (AvgIpc) is 2.25. The van der Waals surface area contributed by atoms with Crippen molar-refractivity contribution < 1.29 is 4.74 Å². The lowest BCUT2D eigenvalue weighted by molar-refractivity contribution is 0.200. The van der Waals surface area contributed by atoms with Crippen LogP contribution in [0.1, 0.15) is 12.0 Å². The summed E-state index contributed by atoms with van der Waals surface area (Å²) in [6, 6.07) is 5.60. The number of nitriles is 1. The van der Waals surface area contributed by atoms with Gasteiger partial charge in [0.1, 0.15) is 0 Å². The Kier molecular flexibility index (Phi) is 5.05. The summed E-state index contributed by atoms with van der Waals surface area (Å²) in [5, 5.41) is 9.57. The van der Waals surface area contributed by atoms with Crippen molar-refractivity contribution in [3.63, 3.8) is 0 Å². The van der Waals surface area contributed by atoms with Crippen molar-refractivity contribution in [3.8, 4) is 6.07 Å². The van der Waals surface area contributed by atoms with Gasteiger partial charge in [-0.25, -0.2) is 4.98 Å². The normalized spacial score (nSPS) is 9.71. The quantitative estimate of drug-likeness (QED) is 0.549. The molecular weight excluding hydrogens is 196 g/mol. The first-order chi connectivity index (χ1) is 6.86. The Morgan fingerprint density at radius 3 is 3.21 bits per heavy atom. The molecule has 0 spiro atoms. The van der Waals surface area contributed by atoms with Crippen molar-refractivity contribution in [1.82, 2.24) is 4.98 Å². The number of hydrogen-bond donors (Lipinski definition) is 0. The molecule has 1 aromatic heterocycles. The third-order valence-electron chi connectivity index (χ3n) is 1.61. The first kappa shape index (κ1) is 11.0. The monoisotopic (exact) mass is 208 g/mol. The summed E-state index contributed by atoms with van der Waals surface area (Å²) in [5.41, 5.74) is 0.661. The Hall–Kier alpha value is -1.05. The molecule has 1 heterocycles. The van der Waals surface area contributed by atoms with Gasteiger partial charge in [0.05, 0.1) is 16.7 Å². The van der Waals surface area contributed by atoms with Gasteiger partial charge in [0, 0.05) is 25.7 Å². The van der Waals surface area contributed by atoms with Crippen LogP contribution in [0.15, 0.2) is 23.4 Å². The summed E-state index contributed by atoms with van der Waals surface area (Å²) in [7, 11) is 1.69. The molecule has 0 fully saturated rings. The van der Waals surface area contributed by atoms with Crippen LogP contribution in [0.5, 0.6) is 0 Å². The number of hydrogen-bond acceptors (Lipinski definition) is 4. The van der Waals surface area contributed by atoms with Crippen LogP contribution in [0.3, 0.4) is 0 Å². The number of rotatable bonds is 5. The molecule has 1 aromatic rings. The summed E-state index contributed by atoms with van der Waals surface area (Å²) in [6.45, 7) is 0.769. The maximum absolute atomic E-state index is 8.66. The van der Waals surface area contributed by atoms with Crippen molar-refractivity contribution in [2.75, 3.05) is 19.5 Å². The molecule has 0 aliphatic rings. The smallest absolute Gasteiger partial charge is 0.0993 e. The second kappa shape index (κ2) is 6.41. The number of aromatic nitrogens is 1. The summed E-state index contributed by atoms with van der Waals surface area (Å²) in [6.07, 6.45) is 2.66. The van der Waals surface area contributed by atoms with Gasteiger partial charge in [0.15, 0.2) is 0 Å². The van der Waals surface area contributed by atoms with E-state index in [0.29, 0.717) is 5.56 Å². The Labute approximate surface area is 88.1 Å². The fraction of sp³-hybridized carbons (Fsp3) is 0.400. The molecule has 3 nitrogen and oxygen atoms in total. The second-order valence-corrected chi connectivity index (χ2v) is 3.80. The molecule has 4 heteroatoms. The molecule has 0 atom stereocenters. The van der Waals surface area contributed by atoms with E-state index in [1.165, 1.54) is 0 Å². The first-order valence-corrected chi connectivity index (χ1v) is 5.33. The lowest BCUT2D eigenvalue weighted by Crippen LogP contribution is -1.91. The van der Waals surface area contributed by atoms with E-state index in [9.17, 15) is 0 Å². The molecule has 0 aliphatic carbocycles. The van der Waals surface area contributed by atoms with Crippen LogP contribution in [-0.4, -0.2) is 24.5 Å². The average molecular weight is 208 g/mol. The van der Waals surface area contributed by atoms with E-state index in [2.05, 4.69) is 11.1 Å². The van der Waals surface area contributed by atoms with Crippen molar-refractivity contribution >= 4 is 11.8 Å². The van der Waals surface area contributed by atoms with Crippen molar-refractivity contribution in [2.45, 2.75) is 11.4 Å². The van der Waals surface area contributed by atoms with Crippen molar-refractivity contribution in [2.24, 2.45) is 0 Å². The SMILES string of the molecule is COCCCSc1cc(C#N)ccn1. The van der Waals surface area contributed by atoms with E-state index >= 15 is 0 Å². The topological polar surface area (TPSA) is 45.9 Å². The van der Waals surface area contributed by atoms with E-state index < -0.39 is 0 Å². The fourth-order valence-electron chi connectivity index (χ4n) is 0.938. The van der Waals surface area contributed by atoms with Gasteiger partial charge >= 0.3 is 0 Å². The van der Waals surface area contributed by atoms with Crippen LogP contribution >= 0.6 is 11.8 Å². The summed E-state index contributed by atoms with van der Waals surface area (Å²) < 4.78 is 4.94. The molecule has 0 aliphatic heterocycles. The summed E-state index contributed by atoms with van der Waals surface area (Å²) in [5.74, 6) is 0.968. The molecule has 0 radical (unpaired) electrons. The number of methoxy groups -OCH3 is 1. The van der Waals surface area contributed by atoms with E-state index in [1.807, 2.05) is 0 Å². The lowest BCUT2D eigenvalue weighted by Gasteiger charge is -2.00. The second-order valence-electron chi connectivity index (χ2n) is 2.69. The Bertz CT molecular complexity index is 322. The largest absolute Gasteiger partial charge is 0.385 e. The van der Waals surface area contributed by atoms with Gasteiger partial charge in [-0.15, -0.1) is 11.8 Å². The molecule has 0 bridgehead atoms. The third-order valence-corrected chi connectivity index (χ3v) is 2.62. The minimum Gasteiger partial charge on any atom is -0.385 e. The Morgan fingerprint density at radius 1 is 1.64 bits per heavy atom. The molecule has 0 saturated heterocycles. The number of pyridine rings is 1. The maximum Gasteiger partial charge on any atom is 0.0993 e. The van der Waals surface area contributed by atoms with Crippen LogP contribution in [0, 0.1) is 11.3 Å². The first-order valence-electron chi connectivity index (χ1n) is 4.34. The zero-order chi connectivity index (χ0) is 10.2. The van der Waals surface area contributed by atoms with Gasteiger partial charge < -0.3 is 4.74 Å². The predicted molar refractivity (Wildman–Crippen MR) is 56.2 cm³/mol. The van der Waals surface area contributed by atoms with Crippen molar-refractivity contribution in [3.05, 3.63) is 23.9 Å². The highest BCUT2D eigenvalue weighted by Crippen LogP contribution is 2.16. The number of ether oxygens (including phenoxy) is 1. The maximum atomic E-state index is 8.66. The molecule has 1 rings (SSSR count). The summed E-state index contributed by atoms with van der Waals surface area (Å²) in [4.78, 5) is 4.16. The van der Waals surface area contributed by atoms with E-state index in [-0.39, 0.29) is 0 Å². The Balaban J connectivity index is 2.39. The van der Waals surface area contributed by atoms with Gasteiger partial charge in [-0.3, -0.25) is 0 Å². The standard InChI is InChI=1S/C10H12N2OS/c1-13-5-2-6-14-10-7-9(8-11)3-4-12-10/h3-4,7H,2,5-6H2,1H3. The van der Waals surface area contributed by atoms with Crippen molar-refractivity contribution in [1.29, 1.82) is 5.26 Å². The molecule has 0 aromatic carbocycles. The molecule has 0 saturated carbocycles. The molecule has 0 unspecified atom stereocenters. The Morgan fingerprint density at radius 2 is 2.50 bits per heavy atom. The third kappa shape index (κ3) is 3.77. The highest BCUT2D eigenvalue weighted by molar-refractivity contribution is 7.99. The van der Waals surface area contributed by atoms with Gasteiger partial charge in [0.2, 0.25) is 0 Å². The molecule has 14 heavy (non-hydrogen) atoms. The zero-order valence-electron chi connectivity index (χ0n) is 8.06. The van der Waals surface area contributed by atoms with E-state index in [4.69, 9.17) is 10.00 Å². The van der Waals surface area contributed by atoms with Crippen LogP contribution in [0.2, 0.25) is 0 Å². The van der Waals surface area contributed by atoms with Gasteiger partial charge in [0.25, 0.3) is 0 Å². The number of thioether (sulfide) groups is 1. The van der Waals surface area contributed by atoms with Gasteiger partial charge in [-0.2, -0.15) is 5.26 Å². The highest BCUT2D eigenvalue weighted by atomic mass is 32.2. The van der Waals surface area contributed by atoms with Gasteiger partial charge in [-0.05, 0) is 18.6 Å². The van der Waals surface area contributed by atoms with E-state index in [1.54, 1.807) is 37.2 Å². The lowest BCUT2D eigenvalue weighted by atomic mass is 10.3. The van der Waals surface area contributed by atoms with Crippen LogP contribution in [0.4, 0.5) is 0 Å². The highest BCUT2D eigenvalue weighted by Gasteiger charge is 1.97. The van der Waals surface area contributed by atoms with Crippen LogP contribution in [0.25, 0.3) is 0 Å². The molecule has 0 N–H and O–H groups in total. The molecular formula is C10H12N2OS.